The zero-order valence-electron chi connectivity index (χ0n) is 12.7. The van der Waals surface area contributed by atoms with Gasteiger partial charge in [-0.3, -0.25) is 0 Å². The first kappa shape index (κ1) is 14.9. The highest BCUT2D eigenvalue weighted by Crippen LogP contribution is 2.26. The zero-order valence-corrected chi connectivity index (χ0v) is 12.7. The van der Waals surface area contributed by atoms with Crippen LogP contribution in [0.3, 0.4) is 0 Å². The molecule has 0 amide bonds. The fourth-order valence-corrected chi connectivity index (χ4v) is 2.66. The van der Waals surface area contributed by atoms with Crippen molar-refractivity contribution >= 4 is 16.5 Å². The van der Waals surface area contributed by atoms with Crippen LogP contribution in [0.5, 0.6) is 0 Å². The van der Waals surface area contributed by atoms with Gasteiger partial charge in [0.15, 0.2) is 0 Å². The highest BCUT2D eigenvalue weighted by molar-refractivity contribution is 5.94. The monoisotopic (exact) mass is 270 g/mol. The zero-order chi connectivity index (χ0) is 14.2. The van der Waals surface area contributed by atoms with Crippen molar-refractivity contribution in [1.29, 1.82) is 0 Å². The van der Waals surface area contributed by atoms with Gasteiger partial charge >= 0.3 is 0 Å². The van der Waals surface area contributed by atoms with E-state index in [0.29, 0.717) is 0 Å². The first-order valence-corrected chi connectivity index (χ1v) is 7.80. The molecule has 0 bridgehead atoms. The second kappa shape index (κ2) is 7.91. The van der Waals surface area contributed by atoms with Crippen LogP contribution >= 0.6 is 0 Å². The molecule has 108 valence electrons. The van der Waals surface area contributed by atoms with E-state index in [9.17, 15) is 0 Å². The average molecular weight is 270 g/mol. The quantitative estimate of drug-likeness (QED) is 0.728. The molecule has 0 saturated heterocycles. The molecule has 0 fully saturated rings. The molecule has 0 heterocycles. The summed E-state index contributed by atoms with van der Waals surface area (Å²) in [5, 5.41) is 6.08. The normalized spacial score (nSPS) is 10.9. The Morgan fingerprint density at radius 1 is 0.950 bits per heavy atom. The van der Waals surface area contributed by atoms with E-state index in [1.807, 2.05) is 0 Å². The lowest BCUT2D eigenvalue weighted by Crippen LogP contribution is -2.25. The number of fused-ring (bicyclic) bond motifs is 1. The van der Waals surface area contributed by atoms with Gasteiger partial charge in [-0.15, -0.1) is 0 Å². The van der Waals surface area contributed by atoms with Crippen LogP contribution in [0.15, 0.2) is 42.5 Å². The molecule has 2 rings (SSSR count). The molecule has 0 aliphatic heterocycles. The Labute approximate surface area is 122 Å². The van der Waals surface area contributed by atoms with Crippen LogP contribution in [0.1, 0.15) is 26.7 Å². The second-order valence-electron chi connectivity index (χ2n) is 5.14. The number of benzene rings is 2. The molecular weight excluding hydrogens is 244 g/mol. The number of nitrogens with one attached hydrogen (secondary N) is 1. The highest BCUT2D eigenvalue weighted by Gasteiger charge is 2.07. The second-order valence-corrected chi connectivity index (χ2v) is 5.14. The van der Waals surface area contributed by atoms with E-state index in [-0.39, 0.29) is 0 Å². The molecule has 0 aromatic heterocycles. The van der Waals surface area contributed by atoms with Gasteiger partial charge in [-0.05, 0) is 44.3 Å². The minimum atomic E-state index is 1.06. The van der Waals surface area contributed by atoms with Crippen LogP contribution in [0, 0.1) is 0 Å². The fraction of sp³-hybridized carbons (Fsp3) is 0.444. The van der Waals surface area contributed by atoms with E-state index in [4.69, 9.17) is 0 Å². The smallest absolute Gasteiger partial charge is 0.0445 e. The van der Waals surface area contributed by atoms with Crippen molar-refractivity contribution in [3.63, 3.8) is 0 Å². The van der Waals surface area contributed by atoms with Crippen molar-refractivity contribution in [1.82, 2.24) is 5.32 Å². The van der Waals surface area contributed by atoms with E-state index < -0.39 is 0 Å². The molecule has 0 aliphatic rings. The molecule has 0 radical (unpaired) electrons. The van der Waals surface area contributed by atoms with Crippen LogP contribution in [0.2, 0.25) is 0 Å². The molecule has 0 spiro atoms. The Morgan fingerprint density at radius 2 is 1.75 bits per heavy atom. The fourth-order valence-electron chi connectivity index (χ4n) is 2.66. The maximum Gasteiger partial charge on any atom is 0.0445 e. The van der Waals surface area contributed by atoms with Crippen LogP contribution in [0.25, 0.3) is 10.8 Å². The number of hydrogen-bond donors (Lipinski definition) is 1. The van der Waals surface area contributed by atoms with Gasteiger partial charge in [0.2, 0.25) is 0 Å². The Kier molecular flexibility index (Phi) is 5.87. The summed E-state index contributed by atoms with van der Waals surface area (Å²) in [6, 6.07) is 15.3. The third-order valence-electron chi connectivity index (χ3n) is 3.77. The molecule has 2 aromatic carbocycles. The Bertz CT molecular complexity index is 516. The summed E-state index contributed by atoms with van der Waals surface area (Å²) < 4.78 is 0. The number of hydrogen-bond acceptors (Lipinski definition) is 2. The standard InChI is InChI=1S/C18H26N2/c1-3-19-14-7-8-15-20(4-2)18-13-9-11-16-10-5-6-12-17(16)18/h5-6,9-13,19H,3-4,7-8,14-15H2,1-2H3. The van der Waals surface area contributed by atoms with Gasteiger partial charge < -0.3 is 10.2 Å². The number of rotatable bonds is 8. The SMILES string of the molecule is CCNCCCCN(CC)c1cccc2ccccc12. The van der Waals surface area contributed by atoms with Gasteiger partial charge in [-0.1, -0.05) is 43.3 Å². The number of unbranched alkanes of at least 4 members (excludes halogenated alkanes) is 1. The lowest BCUT2D eigenvalue weighted by molar-refractivity contribution is 0.630. The van der Waals surface area contributed by atoms with E-state index in [0.717, 1.165) is 26.2 Å². The number of nitrogens with zero attached hydrogens (tertiary/aromatic N) is 1. The van der Waals surface area contributed by atoms with Crippen LogP contribution < -0.4 is 10.2 Å². The number of anilines is 1. The van der Waals surface area contributed by atoms with Crippen molar-refractivity contribution in [3.8, 4) is 0 Å². The third kappa shape index (κ3) is 3.73. The first-order chi connectivity index (χ1) is 9.86. The molecule has 0 aliphatic carbocycles. The molecule has 0 unspecified atom stereocenters. The van der Waals surface area contributed by atoms with Crippen molar-refractivity contribution in [2.75, 3.05) is 31.1 Å². The molecule has 20 heavy (non-hydrogen) atoms. The summed E-state index contributed by atoms with van der Waals surface area (Å²) >= 11 is 0. The van der Waals surface area contributed by atoms with Gasteiger partial charge in [0.25, 0.3) is 0 Å². The van der Waals surface area contributed by atoms with Crippen LogP contribution in [-0.4, -0.2) is 26.2 Å². The van der Waals surface area contributed by atoms with Gasteiger partial charge in [-0.25, -0.2) is 0 Å². The minimum Gasteiger partial charge on any atom is -0.371 e. The van der Waals surface area contributed by atoms with Gasteiger partial charge in [0, 0.05) is 24.2 Å². The molecule has 2 aromatic rings. The summed E-state index contributed by atoms with van der Waals surface area (Å²) in [6.07, 6.45) is 2.49. The Morgan fingerprint density at radius 3 is 2.55 bits per heavy atom. The maximum atomic E-state index is 3.39. The Hall–Kier alpha value is -1.54. The van der Waals surface area contributed by atoms with Crippen molar-refractivity contribution < 1.29 is 0 Å². The van der Waals surface area contributed by atoms with E-state index in [1.165, 1.54) is 29.3 Å². The maximum absolute atomic E-state index is 3.39. The third-order valence-corrected chi connectivity index (χ3v) is 3.77. The molecule has 0 saturated carbocycles. The Balaban J connectivity index is 2.05. The summed E-state index contributed by atoms with van der Waals surface area (Å²) in [4.78, 5) is 2.49. The van der Waals surface area contributed by atoms with Gasteiger partial charge in [0.1, 0.15) is 0 Å². The predicted molar refractivity (Wildman–Crippen MR) is 89.6 cm³/mol. The summed E-state index contributed by atoms with van der Waals surface area (Å²) in [7, 11) is 0. The largest absolute Gasteiger partial charge is 0.371 e. The first-order valence-electron chi connectivity index (χ1n) is 7.80. The van der Waals surface area contributed by atoms with E-state index in [1.54, 1.807) is 0 Å². The van der Waals surface area contributed by atoms with Crippen molar-refractivity contribution in [2.24, 2.45) is 0 Å². The van der Waals surface area contributed by atoms with Gasteiger partial charge in [0.05, 0.1) is 0 Å². The van der Waals surface area contributed by atoms with Crippen molar-refractivity contribution in [3.05, 3.63) is 42.5 Å². The summed E-state index contributed by atoms with van der Waals surface area (Å²) in [5.74, 6) is 0. The summed E-state index contributed by atoms with van der Waals surface area (Å²) in [6.45, 7) is 8.80. The van der Waals surface area contributed by atoms with Crippen LogP contribution in [0.4, 0.5) is 5.69 Å². The van der Waals surface area contributed by atoms with E-state index >= 15 is 0 Å². The molecule has 0 atom stereocenters. The molecular formula is C18H26N2. The van der Waals surface area contributed by atoms with Crippen molar-refractivity contribution in [2.45, 2.75) is 26.7 Å². The average Bonchev–Trinajstić information content (AvgIpc) is 2.51. The van der Waals surface area contributed by atoms with E-state index in [2.05, 4.69) is 66.5 Å². The highest BCUT2D eigenvalue weighted by atomic mass is 15.1. The van der Waals surface area contributed by atoms with Gasteiger partial charge in [-0.2, -0.15) is 0 Å². The molecule has 1 N–H and O–H groups in total. The van der Waals surface area contributed by atoms with Crippen LogP contribution in [-0.2, 0) is 0 Å². The summed E-state index contributed by atoms with van der Waals surface area (Å²) in [5.41, 5.74) is 1.37. The topological polar surface area (TPSA) is 15.3 Å². The predicted octanol–water partition coefficient (Wildman–Crippen LogP) is 4.06. The lowest BCUT2D eigenvalue weighted by atomic mass is 10.1. The molecule has 2 heteroatoms. The molecule has 2 nitrogen and oxygen atoms in total. The minimum absolute atomic E-state index is 1.06. The lowest BCUT2D eigenvalue weighted by Gasteiger charge is -2.24.